The molecule has 1 aliphatic heterocycles. The van der Waals surface area contributed by atoms with Gasteiger partial charge in [-0.2, -0.15) is 0 Å². The number of halogens is 1. The molecule has 180 valence electrons. The number of rotatable bonds is 4. The molecule has 1 N–H and O–H groups in total. The summed E-state index contributed by atoms with van der Waals surface area (Å²) >= 11 is 0. The monoisotopic (exact) mass is 453 g/mol. The zero-order valence-electron chi connectivity index (χ0n) is 19.7. The summed E-state index contributed by atoms with van der Waals surface area (Å²) in [6, 6.07) is 5.51. The number of cyclic esters (lactones) is 1. The zero-order chi connectivity index (χ0) is 23.7. The third-order valence-corrected chi connectivity index (χ3v) is 4.75. The Morgan fingerprint density at radius 3 is 2.41 bits per heavy atom. The fraction of sp³-hybridized carbons (Fsp3) is 0.667. The molecule has 2 unspecified atom stereocenters. The number of ether oxygens (including phenoxy) is 4. The van der Waals surface area contributed by atoms with Gasteiger partial charge in [-0.3, -0.25) is 0 Å². The number of carbonyl (C=O) groups excluding carboxylic acids is 2. The molecule has 32 heavy (non-hydrogen) atoms. The first-order chi connectivity index (χ1) is 15.0. The van der Waals surface area contributed by atoms with Crippen LogP contribution in [-0.4, -0.2) is 55.7 Å². The summed E-state index contributed by atoms with van der Waals surface area (Å²) in [5.41, 5.74) is 0.453. The van der Waals surface area contributed by atoms with Crippen LogP contribution < -0.4 is 5.32 Å². The Labute approximate surface area is 189 Å². The van der Waals surface area contributed by atoms with E-state index in [4.69, 9.17) is 18.9 Å². The van der Waals surface area contributed by atoms with Crippen LogP contribution in [0.3, 0.4) is 0 Å². The fourth-order valence-corrected chi connectivity index (χ4v) is 2.91. The molecule has 1 heterocycles. The van der Waals surface area contributed by atoms with Crippen molar-refractivity contribution in [3.63, 3.8) is 0 Å². The van der Waals surface area contributed by atoms with Gasteiger partial charge in [-0.15, -0.1) is 0 Å². The summed E-state index contributed by atoms with van der Waals surface area (Å²) in [7, 11) is 0. The second kappa shape index (κ2) is 12.2. The van der Waals surface area contributed by atoms with E-state index in [-0.39, 0.29) is 24.6 Å². The van der Waals surface area contributed by atoms with Crippen molar-refractivity contribution >= 4 is 12.1 Å². The number of amides is 1. The fourth-order valence-electron chi connectivity index (χ4n) is 2.91. The lowest BCUT2D eigenvalue weighted by Gasteiger charge is -2.23. The summed E-state index contributed by atoms with van der Waals surface area (Å²) in [4.78, 5) is 24.1. The van der Waals surface area contributed by atoms with E-state index < -0.39 is 23.7 Å². The van der Waals surface area contributed by atoms with E-state index in [0.29, 0.717) is 18.9 Å². The zero-order valence-corrected chi connectivity index (χ0v) is 19.7. The van der Waals surface area contributed by atoms with E-state index in [0.717, 1.165) is 12.2 Å². The van der Waals surface area contributed by atoms with E-state index in [2.05, 4.69) is 5.32 Å². The van der Waals surface area contributed by atoms with Crippen molar-refractivity contribution in [3.8, 4) is 0 Å². The normalized spacial score (nSPS) is 24.1. The van der Waals surface area contributed by atoms with E-state index in [9.17, 15) is 14.0 Å². The molecule has 1 amide bonds. The SMILES string of the molecule is CC1CC(OCC2CC2)COC[C@H](NC(=O)OC(C)(C)C)C(=O)O1.Cc1ccc(F)cc1. The minimum atomic E-state index is -0.885. The van der Waals surface area contributed by atoms with Crippen LogP contribution in [0.2, 0.25) is 0 Å². The maximum atomic E-state index is 12.2. The van der Waals surface area contributed by atoms with E-state index in [1.54, 1.807) is 32.9 Å². The van der Waals surface area contributed by atoms with Crippen molar-refractivity contribution in [2.75, 3.05) is 19.8 Å². The number of aryl methyl sites for hydroxylation is 1. The van der Waals surface area contributed by atoms with Crippen LogP contribution in [0.15, 0.2) is 24.3 Å². The van der Waals surface area contributed by atoms with E-state index in [1.165, 1.54) is 25.0 Å². The summed E-state index contributed by atoms with van der Waals surface area (Å²) in [6.07, 6.45) is 1.96. The van der Waals surface area contributed by atoms with Crippen LogP contribution in [0, 0.1) is 18.7 Å². The third-order valence-electron chi connectivity index (χ3n) is 4.75. The molecule has 7 nitrogen and oxygen atoms in total. The second-order valence-corrected chi connectivity index (χ2v) is 9.41. The van der Waals surface area contributed by atoms with Gasteiger partial charge in [0.25, 0.3) is 0 Å². The lowest BCUT2D eigenvalue weighted by atomic mass is 10.2. The number of esters is 1. The summed E-state index contributed by atoms with van der Waals surface area (Å²) in [5.74, 6) is -0.0242. The molecule has 2 fully saturated rings. The Kier molecular flexibility index (Phi) is 9.90. The predicted octanol–water partition coefficient (Wildman–Crippen LogP) is 4.16. The minimum absolute atomic E-state index is 0.0358. The quantitative estimate of drug-likeness (QED) is 0.690. The van der Waals surface area contributed by atoms with Gasteiger partial charge < -0.3 is 24.3 Å². The van der Waals surface area contributed by atoms with Gasteiger partial charge in [0.15, 0.2) is 6.04 Å². The summed E-state index contributed by atoms with van der Waals surface area (Å²) in [5, 5.41) is 2.51. The second-order valence-electron chi connectivity index (χ2n) is 9.41. The largest absolute Gasteiger partial charge is 0.461 e. The first-order valence-corrected chi connectivity index (χ1v) is 11.1. The molecule has 1 aromatic carbocycles. The highest BCUT2D eigenvalue weighted by molar-refractivity contribution is 5.81. The van der Waals surface area contributed by atoms with Gasteiger partial charge in [0.05, 0.1) is 19.3 Å². The average Bonchev–Trinajstić information content (AvgIpc) is 3.50. The van der Waals surface area contributed by atoms with Gasteiger partial charge >= 0.3 is 12.1 Å². The number of carbonyl (C=O) groups is 2. The van der Waals surface area contributed by atoms with Gasteiger partial charge in [-0.25, -0.2) is 14.0 Å². The van der Waals surface area contributed by atoms with Gasteiger partial charge in [-0.05, 0) is 65.5 Å². The van der Waals surface area contributed by atoms with Crippen LogP contribution in [0.5, 0.6) is 0 Å². The highest BCUT2D eigenvalue weighted by Gasteiger charge is 2.31. The molecule has 3 rings (SSSR count). The summed E-state index contributed by atoms with van der Waals surface area (Å²) < 4.78 is 34.1. The first kappa shape index (κ1) is 26.1. The maximum absolute atomic E-state index is 12.2. The average molecular weight is 454 g/mol. The van der Waals surface area contributed by atoms with Crippen molar-refractivity contribution in [2.24, 2.45) is 5.92 Å². The highest BCUT2D eigenvalue weighted by atomic mass is 19.1. The Bertz CT molecular complexity index is 708. The Morgan fingerprint density at radius 2 is 1.84 bits per heavy atom. The molecular formula is C24H36FNO6. The van der Waals surface area contributed by atoms with Gasteiger partial charge in [-0.1, -0.05) is 17.7 Å². The number of hydrogen-bond acceptors (Lipinski definition) is 6. The van der Waals surface area contributed by atoms with E-state index >= 15 is 0 Å². The lowest BCUT2D eigenvalue weighted by Crippen LogP contribution is -2.47. The molecule has 1 saturated heterocycles. The van der Waals surface area contributed by atoms with Crippen LogP contribution in [-0.2, 0) is 23.7 Å². The third kappa shape index (κ3) is 10.9. The molecule has 8 heteroatoms. The molecule has 1 aliphatic carbocycles. The van der Waals surface area contributed by atoms with E-state index in [1.807, 2.05) is 13.8 Å². The molecule has 3 atom stereocenters. The van der Waals surface area contributed by atoms with Gasteiger partial charge in [0.2, 0.25) is 0 Å². The standard InChI is InChI=1S/C17H29NO6.C7H7F/c1-11-7-13(22-8-12-5-6-12)9-21-10-14(15(19)23-11)18-16(20)24-17(2,3)4;1-6-2-4-7(8)5-3-6/h11-14H,5-10H2,1-4H3,(H,18,20);2-5H,1H3/t11?,13?,14-;/m0./s1. The van der Waals surface area contributed by atoms with Crippen LogP contribution >= 0.6 is 0 Å². The molecule has 0 aromatic heterocycles. The minimum Gasteiger partial charge on any atom is -0.461 e. The molecule has 2 aliphatic rings. The van der Waals surface area contributed by atoms with Crippen LogP contribution in [0.1, 0.15) is 52.5 Å². The van der Waals surface area contributed by atoms with Gasteiger partial charge in [0.1, 0.15) is 17.5 Å². The number of hydrogen-bond donors (Lipinski definition) is 1. The number of nitrogens with one attached hydrogen (secondary N) is 1. The lowest BCUT2D eigenvalue weighted by molar-refractivity contribution is -0.152. The Hall–Kier alpha value is -2.19. The molecule has 0 bridgehead atoms. The summed E-state index contributed by atoms with van der Waals surface area (Å²) in [6.45, 7) is 10.2. The molecule has 1 saturated carbocycles. The molecule has 1 aromatic rings. The van der Waals surface area contributed by atoms with Crippen molar-refractivity contribution in [2.45, 2.75) is 77.7 Å². The van der Waals surface area contributed by atoms with Crippen molar-refractivity contribution in [1.82, 2.24) is 5.32 Å². The van der Waals surface area contributed by atoms with Crippen molar-refractivity contribution < 1.29 is 32.9 Å². The Morgan fingerprint density at radius 1 is 1.19 bits per heavy atom. The molecule has 0 radical (unpaired) electrons. The number of alkyl carbamates (subject to hydrolysis) is 1. The van der Waals surface area contributed by atoms with Crippen molar-refractivity contribution in [3.05, 3.63) is 35.6 Å². The predicted molar refractivity (Wildman–Crippen MR) is 118 cm³/mol. The molecular weight excluding hydrogens is 417 g/mol. The van der Waals surface area contributed by atoms with Gasteiger partial charge in [0, 0.05) is 13.0 Å². The first-order valence-electron chi connectivity index (χ1n) is 11.1. The maximum Gasteiger partial charge on any atom is 0.408 e. The highest BCUT2D eigenvalue weighted by Crippen LogP contribution is 2.29. The van der Waals surface area contributed by atoms with Crippen LogP contribution in [0.4, 0.5) is 9.18 Å². The number of benzene rings is 1. The topological polar surface area (TPSA) is 83.1 Å². The van der Waals surface area contributed by atoms with Crippen molar-refractivity contribution in [1.29, 1.82) is 0 Å². The smallest absolute Gasteiger partial charge is 0.408 e. The Balaban J connectivity index is 0.000000380. The van der Waals surface area contributed by atoms with Crippen LogP contribution in [0.25, 0.3) is 0 Å². The molecule has 0 spiro atoms.